The second-order valence-electron chi connectivity index (χ2n) is 9.97. The van der Waals surface area contributed by atoms with Crippen LogP contribution in [-0.4, -0.2) is 57.9 Å². The van der Waals surface area contributed by atoms with E-state index < -0.39 is 0 Å². The van der Waals surface area contributed by atoms with Gasteiger partial charge in [0.15, 0.2) is 17.3 Å². The van der Waals surface area contributed by atoms with Crippen molar-refractivity contribution in [3.05, 3.63) is 102 Å². The van der Waals surface area contributed by atoms with Crippen LogP contribution in [0.25, 0.3) is 89.7 Å². The maximum Gasteiger partial charge on any atom is 0.316 e. The van der Waals surface area contributed by atoms with E-state index in [1.165, 1.54) is 0 Å². The highest BCUT2D eigenvalue weighted by Crippen LogP contribution is 2.36. The van der Waals surface area contributed by atoms with Crippen LogP contribution in [0.3, 0.4) is 0 Å². The fourth-order valence-electron chi connectivity index (χ4n) is 5.73. The SMILES string of the molecule is [MgH2].[O-][n+]1c2nc(nc3[nH]c(nc4nc(nc5[nH]c1c1ccccc51)-c1ccccc1-4)c1ccccc31)-c1ccccc1-2. The van der Waals surface area contributed by atoms with E-state index in [9.17, 15) is 5.21 Å². The molecule has 2 N–H and O–H groups in total. The first-order valence-electron chi connectivity index (χ1n) is 13.2. The molecule has 9 nitrogen and oxygen atoms in total. The van der Waals surface area contributed by atoms with Crippen molar-refractivity contribution in [3.8, 4) is 45.6 Å². The van der Waals surface area contributed by atoms with Crippen LogP contribution in [0.15, 0.2) is 97.1 Å². The Morgan fingerprint density at radius 2 is 0.857 bits per heavy atom. The molecule has 0 fully saturated rings. The number of hydrogen-bond acceptors (Lipinski definition) is 6. The van der Waals surface area contributed by atoms with Crippen molar-refractivity contribution < 1.29 is 4.73 Å². The third-order valence-electron chi connectivity index (χ3n) is 7.64. The molecule has 0 atom stereocenters. The van der Waals surface area contributed by atoms with Gasteiger partial charge >= 0.3 is 23.1 Å². The molecule has 5 heterocycles. The molecule has 0 aliphatic carbocycles. The van der Waals surface area contributed by atoms with Gasteiger partial charge in [-0.2, -0.15) is 9.97 Å². The molecule has 2 aliphatic heterocycles. The monoisotopic (exact) mass is 556 g/mol. The van der Waals surface area contributed by atoms with Crippen LogP contribution in [0.2, 0.25) is 0 Å². The van der Waals surface area contributed by atoms with Gasteiger partial charge in [0.25, 0.3) is 5.82 Å². The quantitative estimate of drug-likeness (QED) is 0.150. The van der Waals surface area contributed by atoms with Crippen LogP contribution < -0.4 is 4.73 Å². The van der Waals surface area contributed by atoms with Crippen LogP contribution in [0.5, 0.6) is 0 Å². The zero-order valence-electron chi connectivity index (χ0n) is 21.3. The second kappa shape index (κ2) is 9.16. The minimum atomic E-state index is 0. The summed E-state index contributed by atoms with van der Waals surface area (Å²) in [6, 6.07) is 31.1. The van der Waals surface area contributed by atoms with Gasteiger partial charge in [0.2, 0.25) is 11.5 Å². The highest BCUT2D eigenvalue weighted by molar-refractivity contribution is 6.05. The molecule has 0 spiro atoms. The van der Waals surface area contributed by atoms with Gasteiger partial charge in [-0.3, -0.25) is 4.98 Å². The fraction of sp³-hybridized carbons (Fsp3) is 0. The third kappa shape index (κ3) is 3.49. The summed E-state index contributed by atoms with van der Waals surface area (Å²) in [5.74, 6) is 1.76. The van der Waals surface area contributed by atoms with E-state index >= 15 is 0 Å². The Hall–Kier alpha value is -5.19. The normalized spacial score (nSPS) is 11.7. The van der Waals surface area contributed by atoms with Gasteiger partial charge in [-0.15, -0.1) is 0 Å². The number of aromatic amines is 2. The van der Waals surface area contributed by atoms with Crippen LogP contribution in [0.1, 0.15) is 0 Å². The van der Waals surface area contributed by atoms with Crippen molar-refractivity contribution >= 4 is 67.2 Å². The number of H-pyrrole nitrogens is 2. The Kier molecular flexibility index (Phi) is 5.36. The largest absolute Gasteiger partial charge is 0.740 e. The molecular weight excluding hydrogens is 537 g/mol. The van der Waals surface area contributed by atoms with Crippen molar-refractivity contribution in [2.45, 2.75) is 0 Å². The lowest BCUT2D eigenvalue weighted by Crippen LogP contribution is -2.29. The molecule has 0 amide bonds. The van der Waals surface area contributed by atoms with Gasteiger partial charge < -0.3 is 10.2 Å². The summed E-state index contributed by atoms with van der Waals surface area (Å²) in [5, 5.41) is 17.4. The average molecular weight is 557 g/mol. The zero-order chi connectivity index (χ0) is 27.1. The van der Waals surface area contributed by atoms with Crippen LogP contribution in [-0.2, 0) is 0 Å². The lowest BCUT2D eigenvalue weighted by molar-refractivity contribution is -0.569. The summed E-state index contributed by atoms with van der Waals surface area (Å²) in [6.07, 6.45) is 0. The smallest absolute Gasteiger partial charge is 0.316 e. The third-order valence-corrected chi connectivity index (χ3v) is 7.64. The molecule has 7 aromatic rings. The number of fused-ring (bicyclic) bond motifs is 20. The molecule has 42 heavy (non-hydrogen) atoms. The number of nitrogens with one attached hydrogen (secondary N) is 2. The number of aromatic nitrogens is 8. The maximum atomic E-state index is 14.1. The van der Waals surface area contributed by atoms with Crippen LogP contribution in [0.4, 0.5) is 0 Å². The van der Waals surface area contributed by atoms with Gasteiger partial charge in [0.05, 0.1) is 16.5 Å². The molecule has 0 unspecified atom stereocenters. The fourth-order valence-corrected chi connectivity index (χ4v) is 5.73. The van der Waals surface area contributed by atoms with Crippen molar-refractivity contribution in [1.82, 2.24) is 34.9 Å². The van der Waals surface area contributed by atoms with Crippen molar-refractivity contribution in [1.29, 1.82) is 0 Å². The first kappa shape index (κ1) is 24.6. The summed E-state index contributed by atoms with van der Waals surface area (Å²) in [7, 11) is 0. The minimum Gasteiger partial charge on any atom is -0.740 e. The van der Waals surface area contributed by atoms with Gasteiger partial charge in [-0.1, -0.05) is 77.8 Å². The van der Waals surface area contributed by atoms with E-state index in [1.54, 1.807) is 0 Å². The summed E-state index contributed by atoms with van der Waals surface area (Å²) < 4.78 is 0.837. The number of rotatable bonds is 0. The molecular formula is C32H20MgN8O. The highest BCUT2D eigenvalue weighted by Gasteiger charge is 2.26. The second-order valence-corrected chi connectivity index (χ2v) is 9.97. The molecule has 9 rings (SSSR count). The molecule has 0 saturated carbocycles. The Balaban J connectivity index is 0.00000267. The van der Waals surface area contributed by atoms with Crippen molar-refractivity contribution in [2.24, 2.45) is 0 Å². The van der Waals surface area contributed by atoms with E-state index in [1.807, 2.05) is 97.1 Å². The highest BCUT2D eigenvalue weighted by atomic mass is 24.3. The summed E-state index contributed by atoms with van der Waals surface area (Å²) in [6.45, 7) is 0. The lowest BCUT2D eigenvalue weighted by atomic mass is 10.1. The number of benzene rings is 4. The topological polar surface area (TPSA) is 123 Å². The first-order valence-corrected chi connectivity index (χ1v) is 13.2. The van der Waals surface area contributed by atoms with Gasteiger partial charge in [-0.05, 0) is 24.3 Å². The molecule has 196 valence electrons. The predicted octanol–water partition coefficient (Wildman–Crippen LogP) is 5.19. The van der Waals surface area contributed by atoms with E-state index in [-0.39, 0.29) is 28.9 Å². The molecule has 2 aliphatic rings. The van der Waals surface area contributed by atoms with E-state index in [4.69, 9.17) is 24.9 Å². The lowest BCUT2D eigenvalue weighted by Gasteiger charge is -2.05. The van der Waals surface area contributed by atoms with Gasteiger partial charge in [-0.25, -0.2) is 14.7 Å². The summed E-state index contributed by atoms with van der Waals surface area (Å²) >= 11 is 0. The molecule has 3 aromatic heterocycles. The van der Waals surface area contributed by atoms with Crippen LogP contribution in [0, 0.1) is 5.21 Å². The average Bonchev–Trinajstić information content (AvgIpc) is 3.76. The number of nitrogens with zero attached hydrogens (tertiary/aromatic N) is 6. The van der Waals surface area contributed by atoms with Crippen LogP contribution >= 0.6 is 0 Å². The number of hydrogen-bond donors (Lipinski definition) is 2. The Bertz CT molecular complexity index is 2410. The molecule has 0 radical (unpaired) electrons. The summed E-state index contributed by atoms with van der Waals surface area (Å²) in [5.41, 5.74) is 5.34. The molecule has 8 bridgehead atoms. The van der Waals surface area contributed by atoms with Gasteiger partial charge in [0, 0.05) is 27.3 Å². The zero-order valence-corrected chi connectivity index (χ0v) is 21.3. The molecule has 10 heteroatoms. The van der Waals surface area contributed by atoms with Gasteiger partial charge in [0.1, 0.15) is 11.3 Å². The molecule has 0 saturated heterocycles. The van der Waals surface area contributed by atoms with Crippen molar-refractivity contribution in [3.63, 3.8) is 0 Å². The van der Waals surface area contributed by atoms with E-state index in [0.29, 0.717) is 45.6 Å². The Morgan fingerprint density at radius 1 is 0.452 bits per heavy atom. The first-order chi connectivity index (χ1) is 20.2. The predicted molar refractivity (Wildman–Crippen MR) is 166 cm³/mol. The minimum absolute atomic E-state index is 0. The molecule has 4 aromatic carbocycles. The van der Waals surface area contributed by atoms with E-state index in [0.717, 1.165) is 43.0 Å². The summed E-state index contributed by atoms with van der Waals surface area (Å²) in [4.78, 5) is 31.2. The maximum absolute atomic E-state index is 14.1. The standard InChI is InChI=1S/C32H18N8O.Mg.2H/c41-40-31-23-15-7-5-13-21(23)29(38-31)36-27-19-11-3-1-9-17(19)25(34-27)33-26-18-10-2-4-12-20(18)28(35-26)37-30-22-14-6-8-16-24(22)32(40)39-30;;;/h1-16H,(H2,33,34,35,36,37,38,39);;;. The van der Waals surface area contributed by atoms with E-state index in [2.05, 4.69) is 9.97 Å². The Morgan fingerprint density at radius 3 is 1.43 bits per heavy atom. The van der Waals surface area contributed by atoms with Crippen molar-refractivity contribution in [2.75, 3.05) is 0 Å². The Labute approximate surface area is 253 Å².